The molecular weight excluding hydrogens is 553 g/mol. The second kappa shape index (κ2) is 9.07. The van der Waals surface area contributed by atoms with Crippen molar-refractivity contribution in [2.75, 3.05) is 6.61 Å². The Morgan fingerprint density at radius 2 is 2.07 bits per heavy atom. The molecule has 0 atom stereocenters. The van der Waals surface area contributed by atoms with E-state index >= 15 is 0 Å². The first-order valence-electron chi connectivity index (χ1n) is 8.26. The normalized spacial score (nSPS) is 15.5. The fourth-order valence-corrected chi connectivity index (χ4v) is 4.50. The lowest BCUT2D eigenvalue weighted by atomic mass is 10.1. The van der Waals surface area contributed by atoms with Crippen LogP contribution in [0.25, 0.3) is 6.08 Å². The fourth-order valence-electron chi connectivity index (χ4n) is 2.62. The standard InChI is InChI=1S/C19H13Br2ClFNO4S/c1-2-28-14-7-11(20)16(21)9(17(14)25)6-15-18(26)24(19(27)29-15)8-10-12(22)4-3-5-13(10)23/h3-7,25H,2,8H2,1H3/b15-6-. The molecule has 152 valence electrons. The van der Waals surface area contributed by atoms with Crippen LogP contribution in [0.1, 0.15) is 18.1 Å². The summed E-state index contributed by atoms with van der Waals surface area (Å²) in [5, 5.41) is 10.1. The van der Waals surface area contributed by atoms with Crippen LogP contribution >= 0.6 is 55.2 Å². The molecule has 0 saturated carbocycles. The maximum atomic E-state index is 14.1. The summed E-state index contributed by atoms with van der Waals surface area (Å²) in [5.74, 6) is -1.16. The number of aromatic hydroxyl groups is 1. The highest BCUT2D eigenvalue weighted by Gasteiger charge is 2.36. The van der Waals surface area contributed by atoms with E-state index in [1.807, 2.05) is 0 Å². The number of phenols is 1. The number of thioether (sulfide) groups is 1. The highest BCUT2D eigenvalue weighted by Crippen LogP contribution is 2.44. The number of hydrogen-bond acceptors (Lipinski definition) is 5. The van der Waals surface area contributed by atoms with Gasteiger partial charge in [-0.2, -0.15) is 0 Å². The number of hydrogen-bond donors (Lipinski definition) is 1. The van der Waals surface area contributed by atoms with Crippen molar-refractivity contribution in [2.24, 2.45) is 0 Å². The smallest absolute Gasteiger partial charge is 0.293 e. The van der Waals surface area contributed by atoms with E-state index in [1.54, 1.807) is 13.0 Å². The summed E-state index contributed by atoms with van der Waals surface area (Å²) in [7, 11) is 0. The van der Waals surface area contributed by atoms with E-state index in [4.69, 9.17) is 16.3 Å². The van der Waals surface area contributed by atoms with Gasteiger partial charge in [0.25, 0.3) is 11.1 Å². The van der Waals surface area contributed by atoms with Crippen LogP contribution in [-0.4, -0.2) is 27.8 Å². The van der Waals surface area contributed by atoms with Crippen LogP contribution in [-0.2, 0) is 11.3 Å². The van der Waals surface area contributed by atoms with E-state index in [2.05, 4.69) is 31.9 Å². The molecule has 1 aliphatic rings. The second-order valence-corrected chi connectivity index (χ2v) is 8.88. The van der Waals surface area contributed by atoms with E-state index in [0.29, 0.717) is 27.3 Å². The molecule has 0 aromatic heterocycles. The minimum Gasteiger partial charge on any atom is -0.504 e. The third-order valence-corrected chi connectivity index (χ3v) is 7.29. The van der Waals surface area contributed by atoms with Crippen LogP contribution in [0.3, 0.4) is 0 Å². The Hall–Kier alpha value is -1.55. The number of rotatable bonds is 5. The molecule has 10 heteroatoms. The van der Waals surface area contributed by atoms with Crippen molar-refractivity contribution >= 4 is 72.4 Å². The Morgan fingerprint density at radius 1 is 1.34 bits per heavy atom. The Bertz CT molecular complexity index is 1030. The summed E-state index contributed by atoms with van der Waals surface area (Å²) in [6.07, 6.45) is 1.39. The number of imide groups is 1. The SMILES string of the molecule is CCOc1cc(Br)c(Br)c(/C=C2\SC(=O)N(Cc3c(F)cccc3Cl)C2=O)c1O. The number of nitrogens with zero attached hydrogens (tertiary/aromatic N) is 1. The van der Waals surface area contributed by atoms with Crippen molar-refractivity contribution in [3.05, 3.63) is 60.1 Å². The zero-order valence-electron chi connectivity index (χ0n) is 14.8. The Labute approximate surface area is 192 Å². The van der Waals surface area contributed by atoms with Gasteiger partial charge in [-0.15, -0.1) is 0 Å². The molecule has 29 heavy (non-hydrogen) atoms. The highest BCUT2D eigenvalue weighted by molar-refractivity contribution is 9.13. The Kier molecular flexibility index (Phi) is 6.93. The molecule has 0 unspecified atom stereocenters. The monoisotopic (exact) mass is 563 g/mol. The Balaban J connectivity index is 1.97. The third kappa shape index (κ3) is 4.47. The number of benzene rings is 2. The quantitative estimate of drug-likeness (QED) is 0.429. The molecule has 2 amide bonds. The molecule has 1 aliphatic heterocycles. The number of carbonyl (C=O) groups excluding carboxylic acids is 2. The van der Waals surface area contributed by atoms with Gasteiger partial charge in [0.1, 0.15) is 5.82 Å². The van der Waals surface area contributed by atoms with Crippen molar-refractivity contribution in [2.45, 2.75) is 13.5 Å². The molecule has 2 aromatic rings. The van der Waals surface area contributed by atoms with Crippen LogP contribution in [0.2, 0.25) is 5.02 Å². The van der Waals surface area contributed by atoms with Gasteiger partial charge >= 0.3 is 0 Å². The molecule has 1 saturated heterocycles. The lowest BCUT2D eigenvalue weighted by molar-refractivity contribution is -0.123. The summed E-state index contributed by atoms with van der Waals surface area (Å²) in [4.78, 5) is 26.1. The average Bonchev–Trinajstić information content (AvgIpc) is 2.93. The summed E-state index contributed by atoms with van der Waals surface area (Å²) >= 11 is 13.4. The van der Waals surface area contributed by atoms with Crippen LogP contribution in [0.4, 0.5) is 9.18 Å². The first kappa shape index (κ1) is 22.1. The van der Waals surface area contributed by atoms with Crippen molar-refractivity contribution in [3.63, 3.8) is 0 Å². The molecule has 2 aromatic carbocycles. The van der Waals surface area contributed by atoms with Gasteiger partial charge in [-0.25, -0.2) is 4.39 Å². The topological polar surface area (TPSA) is 66.8 Å². The van der Waals surface area contributed by atoms with Gasteiger partial charge in [0.15, 0.2) is 11.5 Å². The predicted octanol–water partition coefficient (Wildman–Crippen LogP) is 6.34. The molecule has 5 nitrogen and oxygen atoms in total. The van der Waals surface area contributed by atoms with Crippen molar-refractivity contribution < 1.29 is 23.8 Å². The molecule has 1 fully saturated rings. The third-order valence-electron chi connectivity index (χ3n) is 4.02. The fraction of sp³-hybridized carbons (Fsp3) is 0.158. The van der Waals surface area contributed by atoms with Crippen LogP contribution in [0.5, 0.6) is 11.5 Å². The van der Waals surface area contributed by atoms with Gasteiger partial charge in [-0.3, -0.25) is 14.5 Å². The average molecular weight is 566 g/mol. The van der Waals surface area contributed by atoms with Crippen LogP contribution in [0.15, 0.2) is 38.1 Å². The second-order valence-electron chi connectivity index (χ2n) is 5.83. The zero-order chi connectivity index (χ0) is 21.3. The summed E-state index contributed by atoms with van der Waals surface area (Å²) < 4.78 is 20.5. The van der Waals surface area contributed by atoms with E-state index in [1.165, 1.54) is 24.3 Å². The predicted molar refractivity (Wildman–Crippen MR) is 118 cm³/mol. The maximum Gasteiger partial charge on any atom is 0.293 e. The van der Waals surface area contributed by atoms with E-state index in [9.17, 15) is 19.1 Å². The van der Waals surface area contributed by atoms with Crippen LogP contribution < -0.4 is 4.74 Å². The van der Waals surface area contributed by atoms with Gasteiger partial charge in [0, 0.05) is 25.1 Å². The number of halogens is 4. The maximum absolute atomic E-state index is 14.1. The lowest BCUT2D eigenvalue weighted by Gasteiger charge is -2.14. The first-order chi connectivity index (χ1) is 13.7. The van der Waals surface area contributed by atoms with Crippen LogP contribution in [0, 0.1) is 5.82 Å². The lowest BCUT2D eigenvalue weighted by Crippen LogP contribution is -2.28. The van der Waals surface area contributed by atoms with Crippen molar-refractivity contribution in [1.82, 2.24) is 4.90 Å². The molecule has 3 rings (SSSR count). The molecule has 0 bridgehead atoms. The minimum absolute atomic E-state index is 0.0582. The van der Waals surface area contributed by atoms with Gasteiger partial charge < -0.3 is 9.84 Å². The molecule has 0 radical (unpaired) electrons. The number of phenolic OH excluding ortho intramolecular Hbond substituents is 1. The van der Waals surface area contributed by atoms with Gasteiger partial charge in [-0.05, 0) is 74.8 Å². The summed E-state index contributed by atoms with van der Waals surface area (Å²) in [6.45, 7) is 1.82. The number of ether oxygens (including phenoxy) is 1. The van der Waals surface area contributed by atoms with Crippen molar-refractivity contribution in [3.8, 4) is 11.5 Å². The molecule has 1 heterocycles. The minimum atomic E-state index is -0.608. The molecule has 0 aliphatic carbocycles. The van der Waals surface area contributed by atoms with E-state index < -0.39 is 17.0 Å². The van der Waals surface area contributed by atoms with Gasteiger partial charge in [0.05, 0.1) is 18.1 Å². The first-order valence-corrected chi connectivity index (χ1v) is 11.0. The highest BCUT2D eigenvalue weighted by atomic mass is 79.9. The van der Waals surface area contributed by atoms with E-state index in [0.717, 1.165) is 4.90 Å². The summed E-state index contributed by atoms with van der Waals surface area (Å²) in [5.41, 5.74) is 0.333. The van der Waals surface area contributed by atoms with Crippen molar-refractivity contribution in [1.29, 1.82) is 0 Å². The number of amides is 2. The Morgan fingerprint density at radius 3 is 2.72 bits per heavy atom. The summed E-state index contributed by atoms with van der Waals surface area (Å²) in [6, 6.07) is 5.73. The zero-order valence-corrected chi connectivity index (χ0v) is 19.6. The number of carbonyl (C=O) groups is 2. The molecule has 1 N–H and O–H groups in total. The van der Waals surface area contributed by atoms with Gasteiger partial charge in [-0.1, -0.05) is 17.7 Å². The molecule has 0 spiro atoms. The van der Waals surface area contributed by atoms with E-state index in [-0.39, 0.29) is 39.1 Å². The largest absolute Gasteiger partial charge is 0.504 e. The van der Waals surface area contributed by atoms with Gasteiger partial charge in [0.2, 0.25) is 0 Å². The molecular formula is C19H13Br2ClFNO4S.